The Balaban J connectivity index is 2.79. The number of aromatic nitrogens is 3. The van der Waals surface area contributed by atoms with E-state index in [1.165, 1.54) is 16.3 Å². The van der Waals surface area contributed by atoms with E-state index in [-0.39, 0.29) is 23.1 Å². The van der Waals surface area contributed by atoms with Gasteiger partial charge in [-0.2, -0.15) is 0 Å². The van der Waals surface area contributed by atoms with Gasteiger partial charge in [-0.05, 0) is 13.8 Å². The first-order chi connectivity index (χ1) is 7.43. The third kappa shape index (κ3) is 2.75. The van der Waals surface area contributed by atoms with Crippen LogP contribution >= 0.6 is 11.8 Å². The molecule has 0 bridgehead atoms. The van der Waals surface area contributed by atoms with Gasteiger partial charge in [0.1, 0.15) is 0 Å². The Bertz CT molecular complexity index is 461. The molecule has 1 rings (SSSR count). The number of hydrogen-bond donors (Lipinski definition) is 2. The molecule has 1 aromatic heterocycles. The predicted octanol–water partition coefficient (Wildman–Crippen LogP) is 0.885. The molecule has 7 heteroatoms. The van der Waals surface area contributed by atoms with Crippen LogP contribution in [0.4, 0.5) is 0 Å². The Morgan fingerprint density at radius 3 is 2.81 bits per heavy atom. The zero-order valence-corrected chi connectivity index (χ0v) is 9.87. The van der Waals surface area contributed by atoms with Crippen LogP contribution in [0, 0.1) is 0 Å². The molecule has 2 N–H and O–H groups in total. The largest absolute Gasteiger partial charge is 0.478 e. The number of thioether (sulfide) groups is 1. The summed E-state index contributed by atoms with van der Waals surface area (Å²) in [7, 11) is 0. The summed E-state index contributed by atoms with van der Waals surface area (Å²) in [5, 5.41) is 15.3. The highest BCUT2D eigenvalue weighted by atomic mass is 32.2. The highest BCUT2D eigenvalue weighted by molar-refractivity contribution is 7.99. The summed E-state index contributed by atoms with van der Waals surface area (Å²) in [5.41, 5.74) is -0.214. The number of carboxylic acids is 1. The maximum atomic E-state index is 11.4. The van der Waals surface area contributed by atoms with Gasteiger partial charge in [-0.3, -0.25) is 4.57 Å². The summed E-state index contributed by atoms with van der Waals surface area (Å²) in [6.45, 7) is 7.11. The lowest BCUT2D eigenvalue weighted by Gasteiger charge is -2.07. The first kappa shape index (κ1) is 12.6. The van der Waals surface area contributed by atoms with Crippen molar-refractivity contribution in [1.29, 1.82) is 0 Å². The third-order valence-corrected chi connectivity index (χ3v) is 2.91. The van der Waals surface area contributed by atoms with Gasteiger partial charge in [-0.25, -0.2) is 14.7 Å². The molecule has 0 spiro atoms. The van der Waals surface area contributed by atoms with Crippen molar-refractivity contribution in [2.24, 2.45) is 0 Å². The SMILES string of the molecule is C=C(CSc1n[nH]c(=O)n1C(C)C)C(=O)O. The van der Waals surface area contributed by atoms with E-state index in [0.29, 0.717) is 5.16 Å². The Morgan fingerprint density at radius 2 is 2.31 bits per heavy atom. The van der Waals surface area contributed by atoms with Crippen LogP contribution in [-0.2, 0) is 4.79 Å². The molecule has 0 fully saturated rings. The molecule has 0 aliphatic heterocycles. The van der Waals surface area contributed by atoms with Gasteiger partial charge in [0.2, 0.25) is 0 Å². The molecule has 0 radical (unpaired) electrons. The molecule has 0 aliphatic carbocycles. The van der Waals surface area contributed by atoms with E-state index in [2.05, 4.69) is 16.8 Å². The minimum Gasteiger partial charge on any atom is -0.478 e. The van der Waals surface area contributed by atoms with E-state index in [1.54, 1.807) is 0 Å². The minimum absolute atomic E-state index is 0.0214. The summed E-state index contributed by atoms with van der Waals surface area (Å²) in [4.78, 5) is 21.9. The molecule has 88 valence electrons. The Morgan fingerprint density at radius 1 is 1.69 bits per heavy atom. The number of carbonyl (C=O) groups is 1. The van der Waals surface area contributed by atoms with Gasteiger partial charge in [0, 0.05) is 17.4 Å². The molecule has 1 heterocycles. The molecule has 0 aliphatic rings. The van der Waals surface area contributed by atoms with Gasteiger partial charge in [-0.15, -0.1) is 5.10 Å². The average Bonchev–Trinajstić information content (AvgIpc) is 2.55. The number of aromatic amines is 1. The fourth-order valence-electron chi connectivity index (χ4n) is 1.06. The number of carboxylic acid groups (broad SMARTS) is 1. The zero-order valence-electron chi connectivity index (χ0n) is 9.06. The van der Waals surface area contributed by atoms with Crippen LogP contribution in [0.3, 0.4) is 0 Å². The summed E-state index contributed by atoms with van der Waals surface area (Å²) in [6.07, 6.45) is 0. The fourth-order valence-corrected chi connectivity index (χ4v) is 2.03. The Hall–Kier alpha value is -1.50. The van der Waals surface area contributed by atoms with E-state index < -0.39 is 5.97 Å². The average molecular weight is 243 g/mol. The van der Waals surface area contributed by atoms with Crippen molar-refractivity contribution in [3.63, 3.8) is 0 Å². The first-order valence-electron chi connectivity index (χ1n) is 4.64. The van der Waals surface area contributed by atoms with Gasteiger partial charge in [0.25, 0.3) is 0 Å². The lowest BCUT2D eigenvalue weighted by molar-refractivity contribution is -0.132. The van der Waals surface area contributed by atoms with Crippen LogP contribution in [0.5, 0.6) is 0 Å². The van der Waals surface area contributed by atoms with E-state index in [0.717, 1.165) is 0 Å². The van der Waals surface area contributed by atoms with Gasteiger partial charge >= 0.3 is 11.7 Å². The molecule has 0 atom stereocenters. The molecule has 16 heavy (non-hydrogen) atoms. The number of aliphatic carboxylic acids is 1. The highest BCUT2D eigenvalue weighted by Gasteiger charge is 2.13. The highest BCUT2D eigenvalue weighted by Crippen LogP contribution is 2.18. The minimum atomic E-state index is -1.04. The maximum absolute atomic E-state index is 11.4. The number of nitrogens with zero attached hydrogens (tertiary/aromatic N) is 2. The van der Waals surface area contributed by atoms with Crippen molar-refractivity contribution < 1.29 is 9.90 Å². The summed E-state index contributed by atoms with van der Waals surface area (Å²) in [5.74, 6) is -0.840. The molecule has 0 saturated heterocycles. The molecule has 0 saturated carbocycles. The normalized spacial score (nSPS) is 10.7. The predicted molar refractivity (Wildman–Crippen MR) is 60.7 cm³/mol. The molecule has 0 unspecified atom stereocenters. The second-order valence-electron chi connectivity index (χ2n) is 3.47. The van der Waals surface area contributed by atoms with Gasteiger partial charge < -0.3 is 5.11 Å². The van der Waals surface area contributed by atoms with Crippen molar-refractivity contribution >= 4 is 17.7 Å². The van der Waals surface area contributed by atoms with Crippen molar-refractivity contribution in [3.05, 3.63) is 22.6 Å². The van der Waals surface area contributed by atoms with Crippen molar-refractivity contribution in [2.75, 3.05) is 5.75 Å². The fraction of sp³-hybridized carbons (Fsp3) is 0.444. The second kappa shape index (κ2) is 5.02. The van der Waals surface area contributed by atoms with E-state index >= 15 is 0 Å². The summed E-state index contributed by atoms with van der Waals surface area (Å²) in [6, 6.07) is -0.0214. The smallest absolute Gasteiger partial charge is 0.344 e. The van der Waals surface area contributed by atoms with Crippen molar-refractivity contribution in [1.82, 2.24) is 14.8 Å². The molecular formula is C9H13N3O3S. The molecule has 0 amide bonds. The lowest BCUT2D eigenvalue weighted by atomic mass is 10.4. The molecule has 0 aromatic carbocycles. The van der Waals surface area contributed by atoms with Crippen LogP contribution in [0.25, 0.3) is 0 Å². The van der Waals surface area contributed by atoms with E-state index in [1.807, 2.05) is 13.8 Å². The Kier molecular flexibility index (Phi) is 3.94. The number of nitrogens with one attached hydrogen (secondary N) is 1. The third-order valence-electron chi connectivity index (χ3n) is 1.87. The summed E-state index contributed by atoms with van der Waals surface area (Å²) >= 11 is 1.17. The van der Waals surface area contributed by atoms with Crippen LogP contribution in [0.2, 0.25) is 0 Å². The van der Waals surface area contributed by atoms with Crippen LogP contribution < -0.4 is 5.69 Å². The maximum Gasteiger partial charge on any atom is 0.344 e. The van der Waals surface area contributed by atoms with Crippen LogP contribution in [0.15, 0.2) is 22.1 Å². The topological polar surface area (TPSA) is 88.0 Å². The van der Waals surface area contributed by atoms with Crippen molar-refractivity contribution in [2.45, 2.75) is 25.0 Å². The summed E-state index contributed by atoms with van der Waals surface area (Å²) < 4.78 is 1.47. The monoisotopic (exact) mass is 243 g/mol. The first-order valence-corrected chi connectivity index (χ1v) is 5.62. The second-order valence-corrected chi connectivity index (χ2v) is 4.41. The molecule has 6 nitrogen and oxygen atoms in total. The number of H-pyrrole nitrogens is 1. The van der Waals surface area contributed by atoms with E-state index in [9.17, 15) is 9.59 Å². The Labute approximate surface area is 96.4 Å². The number of rotatable bonds is 5. The van der Waals surface area contributed by atoms with Gasteiger partial charge in [0.15, 0.2) is 5.16 Å². The number of hydrogen-bond acceptors (Lipinski definition) is 4. The van der Waals surface area contributed by atoms with E-state index in [4.69, 9.17) is 5.11 Å². The van der Waals surface area contributed by atoms with Crippen LogP contribution in [-0.4, -0.2) is 31.6 Å². The van der Waals surface area contributed by atoms with Crippen LogP contribution in [0.1, 0.15) is 19.9 Å². The molecule has 1 aromatic rings. The lowest BCUT2D eigenvalue weighted by Crippen LogP contribution is -2.19. The van der Waals surface area contributed by atoms with Crippen molar-refractivity contribution in [3.8, 4) is 0 Å². The van der Waals surface area contributed by atoms with Gasteiger partial charge in [-0.1, -0.05) is 18.3 Å². The standard InChI is InChI=1S/C9H13N3O3S/c1-5(2)12-8(15)10-11-9(12)16-4-6(3)7(13)14/h5H,3-4H2,1-2H3,(H,10,15)(H,13,14). The quantitative estimate of drug-likeness (QED) is 0.592. The molecular weight excluding hydrogens is 230 g/mol. The van der Waals surface area contributed by atoms with Gasteiger partial charge in [0.05, 0.1) is 0 Å². The zero-order chi connectivity index (χ0) is 12.3.